The van der Waals surface area contributed by atoms with Gasteiger partial charge in [0.2, 0.25) is 5.91 Å². The summed E-state index contributed by atoms with van der Waals surface area (Å²) in [5.74, 6) is -0.817. The van der Waals surface area contributed by atoms with Gasteiger partial charge in [0, 0.05) is 39.6 Å². The number of hydrogen-bond donors (Lipinski definition) is 3. The SMILES string of the molecule is CN=C(c1cnc2[nH]cc(C(=O)NC(C)C(=O)N3CC(C#N)C3)c2n1)c1ncccc1NC. The Labute approximate surface area is 190 Å². The van der Waals surface area contributed by atoms with Crippen LogP contribution in [0.3, 0.4) is 0 Å². The summed E-state index contributed by atoms with van der Waals surface area (Å²) in [5, 5.41) is 14.7. The first kappa shape index (κ1) is 21.9. The minimum Gasteiger partial charge on any atom is -0.386 e. The molecule has 1 unspecified atom stereocenters. The summed E-state index contributed by atoms with van der Waals surface area (Å²) in [5.41, 5.74) is 3.44. The second-order valence-corrected chi connectivity index (χ2v) is 7.64. The molecule has 0 radical (unpaired) electrons. The molecule has 4 rings (SSSR count). The van der Waals surface area contributed by atoms with Gasteiger partial charge in [0.1, 0.15) is 28.7 Å². The van der Waals surface area contributed by atoms with E-state index >= 15 is 0 Å². The van der Waals surface area contributed by atoms with Gasteiger partial charge < -0.3 is 20.5 Å². The van der Waals surface area contributed by atoms with Crippen LogP contribution in [0.2, 0.25) is 0 Å². The molecule has 33 heavy (non-hydrogen) atoms. The number of hydrogen-bond acceptors (Lipinski definition) is 8. The molecule has 1 aliphatic rings. The Morgan fingerprint density at radius 1 is 1.36 bits per heavy atom. The van der Waals surface area contributed by atoms with Gasteiger partial charge in [-0.15, -0.1) is 0 Å². The molecule has 2 amide bonds. The van der Waals surface area contributed by atoms with Gasteiger partial charge in [-0.1, -0.05) is 0 Å². The molecular weight excluding hydrogens is 422 g/mol. The Hall–Kier alpha value is -4.33. The number of amides is 2. The van der Waals surface area contributed by atoms with E-state index in [0.29, 0.717) is 41.4 Å². The number of aromatic nitrogens is 4. The minimum absolute atomic E-state index is 0.142. The number of nitriles is 1. The summed E-state index contributed by atoms with van der Waals surface area (Å²) < 4.78 is 0. The van der Waals surface area contributed by atoms with Crippen molar-refractivity contribution >= 4 is 34.4 Å². The number of nitrogens with zero attached hydrogens (tertiary/aromatic N) is 6. The third-order valence-corrected chi connectivity index (χ3v) is 5.49. The normalized spacial score (nSPS) is 15.0. The fourth-order valence-corrected chi connectivity index (χ4v) is 3.67. The summed E-state index contributed by atoms with van der Waals surface area (Å²) >= 11 is 0. The van der Waals surface area contributed by atoms with E-state index in [2.05, 4.69) is 41.6 Å². The Kier molecular flexibility index (Phi) is 5.99. The molecule has 0 saturated carbocycles. The maximum atomic E-state index is 12.9. The number of nitrogens with one attached hydrogen (secondary N) is 3. The van der Waals surface area contributed by atoms with E-state index in [9.17, 15) is 9.59 Å². The molecule has 1 saturated heterocycles. The van der Waals surface area contributed by atoms with Crippen LogP contribution in [-0.4, -0.2) is 75.6 Å². The summed E-state index contributed by atoms with van der Waals surface area (Å²) in [6.45, 7) is 2.39. The van der Waals surface area contributed by atoms with Gasteiger partial charge in [-0.25, -0.2) is 9.97 Å². The van der Waals surface area contributed by atoms with Gasteiger partial charge in [-0.05, 0) is 19.1 Å². The molecule has 0 bridgehead atoms. The highest BCUT2D eigenvalue weighted by Crippen LogP contribution is 2.20. The van der Waals surface area contributed by atoms with Crippen molar-refractivity contribution in [3.63, 3.8) is 0 Å². The number of carbonyl (C=O) groups is 2. The zero-order chi connectivity index (χ0) is 23.5. The van der Waals surface area contributed by atoms with Crippen molar-refractivity contribution in [1.82, 2.24) is 30.2 Å². The topological polar surface area (TPSA) is 152 Å². The molecular formula is C22H23N9O2. The van der Waals surface area contributed by atoms with E-state index in [0.717, 1.165) is 5.69 Å². The first-order valence-corrected chi connectivity index (χ1v) is 10.4. The lowest BCUT2D eigenvalue weighted by molar-refractivity contribution is -0.137. The second kappa shape index (κ2) is 9.04. The van der Waals surface area contributed by atoms with Gasteiger partial charge in [0.25, 0.3) is 5.91 Å². The lowest BCUT2D eigenvalue weighted by Crippen LogP contribution is -2.55. The van der Waals surface area contributed by atoms with Crippen LogP contribution < -0.4 is 10.6 Å². The van der Waals surface area contributed by atoms with Crippen LogP contribution in [0.25, 0.3) is 11.2 Å². The summed E-state index contributed by atoms with van der Waals surface area (Å²) in [4.78, 5) is 47.7. The Morgan fingerprint density at radius 3 is 2.85 bits per heavy atom. The average Bonchev–Trinajstić information content (AvgIpc) is 3.22. The average molecular weight is 445 g/mol. The number of carbonyl (C=O) groups excluding carboxylic acids is 2. The van der Waals surface area contributed by atoms with E-state index in [-0.39, 0.29) is 17.4 Å². The molecule has 1 atom stereocenters. The van der Waals surface area contributed by atoms with Crippen LogP contribution in [-0.2, 0) is 4.79 Å². The van der Waals surface area contributed by atoms with Crippen LogP contribution >= 0.6 is 0 Å². The monoisotopic (exact) mass is 445 g/mol. The van der Waals surface area contributed by atoms with E-state index < -0.39 is 11.9 Å². The fraction of sp³-hybridized carbons (Fsp3) is 0.318. The Morgan fingerprint density at radius 2 is 2.15 bits per heavy atom. The second-order valence-electron chi connectivity index (χ2n) is 7.64. The lowest BCUT2D eigenvalue weighted by Gasteiger charge is -2.37. The zero-order valence-corrected chi connectivity index (χ0v) is 18.5. The molecule has 11 heteroatoms. The molecule has 1 fully saturated rings. The Bertz CT molecular complexity index is 1280. The number of anilines is 1. The largest absolute Gasteiger partial charge is 0.386 e. The lowest BCUT2D eigenvalue weighted by atomic mass is 10.0. The van der Waals surface area contributed by atoms with Gasteiger partial charge in [0.15, 0.2) is 5.65 Å². The molecule has 3 aromatic rings. The zero-order valence-electron chi connectivity index (χ0n) is 18.5. The smallest absolute Gasteiger partial charge is 0.255 e. The van der Waals surface area contributed by atoms with Crippen molar-refractivity contribution in [3.05, 3.63) is 47.7 Å². The van der Waals surface area contributed by atoms with Gasteiger partial charge in [-0.3, -0.25) is 19.6 Å². The van der Waals surface area contributed by atoms with Gasteiger partial charge in [0.05, 0.1) is 29.4 Å². The predicted molar refractivity (Wildman–Crippen MR) is 122 cm³/mol. The van der Waals surface area contributed by atoms with Gasteiger partial charge in [-0.2, -0.15) is 5.26 Å². The van der Waals surface area contributed by atoms with E-state index in [4.69, 9.17) is 5.26 Å². The number of aromatic amines is 1. The van der Waals surface area contributed by atoms with Crippen LogP contribution in [0.15, 0.2) is 35.7 Å². The highest BCUT2D eigenvalue weighted by Gasteiger charge is 2.33. The number of pyridine rings is 1. The highest BCUT2D eigenvalue weighted by molar-refractivity contribution is 6.14. The number of fused-ring (bicyclic) bond motifs is 1. The van der Waals surface area contributed by atoms with Crippen LogP contribution in [0.4, 0.5) is 5.69 Å². The first-order chi connectivity index (χ1) is 16.0. The maximum Gasteiger partial charge on any atom is 0.255 e. The standard InChI is InChI=1S/C22H23N9O2/c1-12(22(33)31-10-13(7-23)11-31)29-21(32)14-8-27-20-17(14)30-16(9-28-20)18(25-3)19-15(24-2)5-4-6-26-19/h4-6,8-9,12-13,24H,10-11H2,1-3H3,(H,27,28)(H,29,32). The van der Waals surface area contributed by atoms with Crippen molar-refractivity contribution < 1.29 is 9.59 Å². The highest BCUT2D eigenvalue weighted by atomic mass is 16.2. The van der Waals surface area contributed by atoms with Crippen molar-refractivity contribution in [2.45, 2.75) is 13.0 Å². The molecule has 0 aromatic carbocycles. The fourth-order valence-electron chi connectivity index (χ4n) is 3.67. The molecule has 0 aliphatic carbocycles. The molecule has 11 nitrogen and oxygen atoms in total. The molecule has 4 heterocycles. The van der Waals surface area contributed by atoms with Gasteiger partial charge >= 0.3 is 0 Å². The quantitative estimate of drug-likeness (QED) is 0.478. The third-order valence-electron chi connectivity index (χ3n) is 5.49. The van der Waals surface area contributed by atoms with E-state index in [1.807, 2.05) is 12.1 Å². The number of rotatable bonds is 6. The number of aliphatic imine (C=N–C) groups is 1. The predicted octanol–water partition coefficient (Wildman–Crippen LogP) is 0.962. The minimum atomic E-state index is -0.738. The Balaban J connectivity index is 1.58. The van der Waals surface area contributed by atoms with Crippen LogP contribution in [0.1, 0.15) is 28.7 Å². The van der Waals surface area contributed by atoms with E-state index in [1.54, 1.807) is 38.3 Å². The third kappa shape index (κ3) is 4.10. The van der Waals surface area contributed by atoms with Crippen molar-refractivity contribution in [2.24, 2.45) is 10.9 Å². The molecule has 1 aliphatic heterocycles. The summed E-state index contributed by atoms with van der Waals surface area (Å²) in [6.07, 6.45) is 4.75. The van der Waals surface area contributed by atoms with Crippen molar-refractivity contribution in [1.29, 1.82) is 5.26 Å². The molecule has 3 N–H and O–H groups in total. The molecule has 3 aromatic heterocycles. The summed E-state index contributed by atoms with van der Waals surface area (Å²) in [7, 11) is 3.43. The number of likely N-dealkylation sites (tertiary alicyclic amines) is 1. The van der Waals surface area contributed by atoms with Crippen molar-refractivity contribution in [3.8, 4) is 6.07 Å². The van der Waals surface area contributed by atoms with Crippen LogP contribution in [0, 0.1) is 17.2 Å². The van der Waals surface area contributed by atoms with Crippen molar-refractivity contribution in [2.75, 3.05) is 32.5 Å². The summed E-state index contributed by atoms with van der Waals surface area (Å²) in [6, 6.07) is 5.08. The number of H-pyrrole nitrogens is 1. The first-order valence-electron chi connectivity index (χ1n) is 10.4. The maximum absolute atomic E-state index is 12.9. The van der Waals surface area contributed by atoms with Crippen LogP contribution in [0.5, 0.6) is 0 Å². The van der Waals surface area contributed by atoms with E-state index in [1.165, 1.54) is 6.20 Å². The molecule has 0 spiro atoms. The molecule has 168 valence electrons.